The molecule has 2 aliphatic rings. The van der Waals surface area contributed by atoms with Crippen molar-refractivity contribution in [2.24, 2.45) is 5.92 Å². The number of benzene rings is 1. The van der Waals surface area contributed by atoms with E-state index in [1.165, 1.54) is 19.4 Å². The summed E-state index contributed by atoms with van der Waals surface area (Å²) < 4.78 is 1.79. The third-order valence-corrected chi connectivity index (χ3v) is 6.64. The summed E-state index contributed by atoms with van der Waals surface area (Å²) in [6, 6.07) is 7.92. The second-order valence-corrected chi connectivity index (χ2v) is 9.17. The van der Waals surface area contributed by atoms with Gasteiger partial charge in [0.2, 0.25) is 0 Å². The molecule has 6 rings (SSSR count). The summed E-state index contributed by atoms with van der Waals surface area (Å²) in [7, 11) is 0. The third-order valence-electron chi connectivity index (χ3n) is 6.64. The summed E-state index contributed by atoms with van der Waals surface area (Å²) >= 11 is 0. The van der Waals surface area contributed by atoms with E-state index in [1.54, 1.807) is 4.52 Å². The van der Waals surface area contributed by atoms with Crippen molar-refractivity contribution in [2.45, 2.75) is 26.7 Å². The number of hydrogen-bond donors (Lipinski definition) is 1. The van der Waals surface area contributed by atoms with E-state index in [2.05, 4.69) is 30.9 Å². The molecule has 1 aliphatic carbocycles. The SMILES string of the molecule is Cc1cn2nc(-c3nc4ccc(N5CCN(CC6CC6)CC5)cc4c(=O)[nH]3)cc2c(C)n1. The highest BCUT2D eigenvalue weighted by Gasteiger charge is 2.26. The molecule has 3 aromatic heterocycles. The molecule has 0 amide bonds. The number of rotatable bonds is 4. The van der Waals surface area contributed by atoms with Crippen LogP contribution in [0, 0.1) is 19.8 Å². The molecule has 1 aliphatic heterocycles. The summed E-state index contributed by atoms with van der Waals surface area (Å²) in [6.45, 7) is 9.31. The predicted octanol–water partition coefficient (Wildman–Crippen LogP) is 2.78. The average Bonchev–Trinajstić information content (AvgIpc) is 3.49. The molecule has 0 unspecified atom stereocenters. The van der Waals surface area contributed by atoms with E-state index in [-0.39, 0.29) is 5.56 Å². The first-order valence-electron chi connectivity index (χ1n) is 11.4. The second kappa shape index (κ2) is 7.41. The molecule has 1 aromatic carbocycles. The van der Waals surface area contributed by atoms with Crippen LogP contribution < -0.4 is 10.5 Å². The largest absolute Gasteiger partial charge is 0.369 e. The zero-order valence-corrected chi connectivity index (χ0v) is 18.5. The predicted molar refractivity (Wildman–Crippen MR) is 125 cm³/mol. The van der Waals surface area contributed by atoms with Crippen molar-refractivity contribution < 1.29 is 0 Å². The molecular weight excluding hydrogens is 402 g/mol. The highest BCUT2D eigenvalue weighted by molar-refractivity contribution is 5.83. The molecule has 8 heteroatoms. The van der Waals surface area contributed by atoms with Gasteiger partial charge in [0, 0.05) is 38.4 Å². The van der Waals surface area contributed by atoms with Crippen LogP contribution in [0.1, 0.15) is 24.2 Å². The van der Waals surface area contributed by atoms with Gasteiger partial charge in [-0.15, -0.1) is 0 Å². The molecule has 164 valence electrons. The third kappa shape index (κ3) is 3.54. The van der Waals surface area contributed by atoms with E-state index in [0.717, 1.165) is 54.7 Å². The molecule has 0 bridgehead atoms. The lowest BCUT2D eigenvalue weighted by Gasteiger charge is -2.36. The maximum Gasteiger partial charge on any atom is 0.259 e. The van der Waals surface area contributed by atoms with Gasteiger partial charge < -0.3 is 9.88 Å². The fourth-order valence-corrected chi connectivity index (χ4v) is 4.71. The Morgan fingerprint density at radius 2 is 1.88 bits per heavy atom. The normalized spacial score (nSPS) is 17.5. The summed E-state index contributed by atoms with van der Waals surface area (Å²) in [6.07, 6.45) is 4.67. The van der Waals surface area contributed by atoms with Gasteiger partial charge in [0.1, 0.15) is 5.69 Å². The molecule has 4 heterocycles. The number of aromatic amines is 1. The van der Waals surface area contributed by atoms with E-state index >= 15 is 0 Å². The van der Waals surface area contributed by atoms with Crippen LogP contribution in [-0.4, -0.2) is 62.2 Å². The first-order chi connectivity index (χ1) is 15.5. The van der Waals surface area contributed by atoms with Crippen LogP contribution in [0.25, 0.3) is 27.9 Å². The quantitative estimate of drug-likeness (QED) is 0.537. The van der Waals surface area contributed by atoms with Gasteiger partial charge in [-0.2, -0.15) is 5.10 Å². The number of nitrogens with zero attached hydrogens (tertiary/aromatic N) is 6. The van der Waals surface area contributed by atoms with Gasteiger partial charge in [0.05, 0.1) is 34.0 Å². The molecule has 2 fully saturated rings. The average molecular weight is 430 g/mol. The van der Waals surface area contributed by atoms with Crippen molar-refractivity contribution in [3.63, 3.8) is 0 Å². The fraction of sp³-hybridized carbons (Fsp3) is 0.417. The zero-order chi connectivity index (χ0) is 21.8. The number of nitrogens with one attached hydrogen (secondary N) is 1. The highest BCUT2D eigenvalue weighted by Crippen LogP contribution is 2.30. The molecule has 4 aromatic rings. The van der Waals surface area contributed by atoms with Crippen LogP contribution in [0.4, 0.5) is 5.69 Å². The van der Waals surface area contributed by atoms with Crippen molar-refractivity contribution in [3.8, 4) is 11.5 Å². The minimum atomic E-state index is -0.137. The van der Waals surface area contributed by atoms with Gasteiger partial charge in [-0.3, -0.25) is 14.7 Å². The van der Waals surface area contributed by atoms with Gasteiger partial charge in [0.25, 0.3) is 5.56 Å². The second-order valence-electron chi connectivity index (χ2n) is 9.17. The molecule has 0 radical (unpaired) electrons. The van der Waals surface area contributed by atoms with Crippen LogP contribution in [0.3, 0.4) is 0 Å². The van der Waals surface area contributed by atoms with E-state index in [9.17, 15) is 4.79 Å². The maximum absolute atomic E-state index is 13.0. The van der Waals surface area contributed by atoms with Crippen molar-refractivity contribution in [1.82, 2.24) is 29.5 Å². The minimum Gasteiger partial charge on any atom is -0.369 e. The van der Waals surface area contributed by atoms with Crippen LogP contribution >= 0.6 is 0 Å². The lowest BCUT2D eigenvalue weighted by Crippen LogP contribution is -2.47. The number of H-pyrrole nitrogens is 1. The topological polar surface area (TPSA) is 82.4 Å². The molecular formula is C24H27N7O. The Balaban J connectivity index is 1.29. The lowest BCUT2D eigenvalue weighted by atomic mass is 10.1. The monoisotopic (exact) mass is 429 g/mol. The molecule has 1 N–H and O–H groups in total. The van der Waals surface area contributed by atoms with Gasteiger partial charge in [-0.25, -0.2) is 9.50 Å². The Bertz CT molecular complexity index is 1380. The Kier molecular flexibility index (Phi) is 4.50. The number of aromatic nitrogens is 5. The smallest absolute Gasteiger partial charge is 0.259 e. The Morgan fingerprint density at radius 1 is 1.06 bits per heavy atom. The van der Waals surface area contributed by atoms with Crippen LogP contribution in [0.2, 0.25) is 0 Å². The van der Waals surface area contributed by atoms with E-state index in [1.807, 2.05) is 38.2 Å². The molecule has 32 heavy (non-hydrogen) atoms. The lowest BCUT2D eigenvalue weighted by molar-refractivity contribution is 0.248. The van der Waals surface area contributed by atoms with Gasteiger partial charge in [0.15, 0.2) is 5.82 Å². The van der Waals surface area contributed by atoms with E-state index < -0.39 is 0 Å². The number of aryl methyl sites for hydroxylation is 2. The van der Waals surface area contributed by atoms with Crippen LogP contribution in [0.15, 0.2) is 35.3 Å². The van der Waals surface area contributed by atoms with Crippen molar-refractivity contribution in [2.75, 3.05) is 37.6 Å². The highest BCUT2D eigenvalue weighted by atomic mass is 16.1. The number of fused-ring (bicyclic) bond motifs is 2. The molecule has 1 saturated heterocycles. The Hall–Kier alpha value is -3.26. The number of piperazine rings is 1. The van der Waals surface area contributed by atoms with E-state index in [0.29, 0.717) is 22.4 Å². The standard InChI is InChI=1S/C24H27N7O/c1-15-13-31-22(16(2)25-15)12-21(28-31)23-26-20-6-5-18(11-19(20)24(32)27-23)30-9-7-29(8-10-30)14-17-3-4-17/h5-6,11-13,17H,3-4,7-10,14H2,1-2H3,(H,26,27,32). The summed E-state index contributed by atoms with van der Waals surface area (Å²) in [5.74, 6) is 1.41. The molecule has 0 atom stereocenters. The zero-order valence-electron chi connectivity index (χ0n) is 18.5. The Labute approximate surface area is 185 Å². The first-order valence-corrected chi connectivity index (χ1v) is 11.4. The summed E-state index contributed by atoms with van der Waals surface area (Å²) in [5, 5.41) is 5.22. The van der Waals surface area contributed by atoms with Crippen molar-refractivity contribution >= 4 is 22.1 Å². The minimum absolute atomic E-state index is 0.137. The molecule has 0 spiro atoms. The number of anilines is 1. The maximum atomic E-state index is 13.0. The van der Waals surface area contributed by atoms with Gasteiger partial charge in [-0.1, -0.05) is 0 Å². The van der Waals surface area contributed by atoms with Crippen LogP contribution in [-0.2, 0) is 0 Å². The summed E-state index contributed by atoms with van der Waals surface area (Å²) in [4.78, 5) is 30.0. The molecule has 1 saturated carbocycles. The fourth-order valence-electron chi connectivity index (χ4n) is 4.71. The van der Waals surface area contributed by atoms with Gasteiger partial charge in [-0.05, 0) is 56.9 Å². The van der Waals surface area contributed by atoms with Crippen molar-refractivity contribution in [1.29, 1.82) is 0 Å². The Morgan fingerprint density at radius 3 is 2.66 bits per heavy atom. The van der Waals surface area contributed by atoms with Crippen LogP contribution in [0.5, 0.6) is 0 Å². The molecule has 8 nitrogen and oxygen atoms in total. The van der Waals surface area contributed by atoms with Gasteiger partial charge >= 0.3 is 0 Å². The number of hydrogen-bond acceptors (Lipinski definition) is 6. The van der Waals surface area contributed by atoms with Crippen molar-refractivity contribution in [3.05, 3.63) is 52.2 Å². The summed E-state index contributed by atoms with van der Waals surface area (Å²) in [5.41, 5.74) is 4.97. The van der Waals surface area contributed by atoms with E-state index in [4.69, 9.17) is 4.98 Å². The first kappa shape index (κ1) is 19.4.